The van der Waals surface area contributed by atoms with Gasteiger partial charge in [-0.05, 0) is 84.5 Å². The molecule has 7 fully saturated rings. The Labute approximate surface area is 294 Å². The standard InChI is InChI=1S/C36H56FN7O6/c1-42-10-2-4-22(42)7-9-39-36(46)24-20-44-28-19-30-27(40-26-6-5-21(41-47)16-29(26)49-30)18-31(28)50-35-32(25(37)17-23(33(35)44)34(24)45)38-8-3-11-43-12-14-48-15-13-43/h20-23,25-33,35,38,40H,2-19H2,1H3,(H,39,46). The number of ketones is 1. The summed E-state index contributed by atoms with van der Waals surface area (Å²) in [5.41, 5.74) is 0.131. The van der Waals surface area contributed by atoms with Gasteiger partial charge in [-0.2, -0.15) is 4.91 Å². The van der Waals surface area contributed by atoms with Gasteiger partial charge >= 0.3 is 0 Å². The normalized spacial score (nSPS) is 43.2. The molecule has 0 aromatic carbocycles. The van der Waals surface area contributed by atoms with Gasteiger partial charge in [-0.25, -0.2) is 4.39 Å². The predicted octanol–water partition coefficient (Wildman–Crippen LogP) is 1.11. The second-order valence-corrected chi connectivity index (χ2v) is 16.2. The highest BCUT2D eigenvalue weighted by Gasteiger charge is 2.60. The first kappa shape index (κ1) is 35.0. The van der Waals surface area contributed by atoms with Gasteiger partial charge in [0.05, 0.1) is 67.4 Å². The van der Waals surface area contributed by atoms with E-state index in [0.717, 1.165) is 77.9 Å². The summed E-state index contributed by atoms with van der Waals surface area (Å²) in [6.45, 7) is 6.47. The molecule has 8 aliphatic rings. The van der Waals surface area contributed by atoms with E-state index in [4.69, 9.17) is 14.2 Å². The number of amides is 1. The molecular formula is C36H56FN7O6. The van der Waals surface area contributed by atoms with Gasteiger partial charge in [0, 0.05) is 56.3 Å². The van der Waals surface area contributed by atoms with Crippen LogP contribution in [-0.2, 0) is 23.8 Å². The van der Waals surface area contributed by atoms with Crippen molar-refractivity contribution in [3.8, 4) is 0 Å². The number of hydrogen-bond donors (Lipinski definition) is 3. The number of Topliss-reactive ketones (excluding diaryl/α,β-unsaturated/α-hetero) is 1. The minimum atomic E-state index is -1.28. The highest BCUT2D eigenvalue weighted by Crippen LogP contribution is 2.47. The number of halogens is 1. The van der Waals surface area contributed by atoms with Crippen molar-refractivity contribution in [1.29, 1.82) is 0 Å². The average Bonchev–Trinajstić information content (AvgIpc) is 3.54. The first-order valence-corrected chi connectivity index (χ1v) is 19.5. The third-order valence-corrected chi connectivity index (χ3v) is 13.3. The Morgan fingerprint density at radius 2 is 1.86 bits per heavy atom. The van der Waals surface area contributed by atoms with E-state index in [2.05, 4.69) is 42.9 Å². The van der Waals surface area contributed by atoms with Crippen molar-refractivity contribution in [3.05, 3.63) is 16.7 Å². The van der Waals surface area contributed by atoms with E-state index < -0.39 is 24.2 Å². The van der Waals surface area contributed by atoms with Gasteiger partial charge < -0.3 is 40.0 Å². The molecule has 278 valence electrons. The number of carbonyl (C=O) groups is 2. The number of nitroso groups, excluding NO2 is 1. The summed E-state index contributed by atoms with van der Waals surface area (Å²) >= 11 is 0. The van der Waals surface area contributed by atoms with E-state index in [1.807, 2.05) is 0 Å². The van der Waals surface area contributed by atoms with Crippen molar-refractivity contribution < 1.29 is 28.2 Å². The zero-order chi connectivity index (χ0) is 34.4. The van der Waals surface area contributed by atoms with Crippen LogP contribution in [0.25, 0.3) is 0 Å². The molecule has 0 radical (unpaired) electrons. The molecule has 3 aliphatic carbocycles. The maximum Gasteiger partial charge on any atom is 0.256 e. The fourth-order valence-electron chi connectivity index (χ4n) is 10.5. The quantitative estimate of drug-likeness (QED) is 0.172. The molecule has 5 aliphatic heterocycles. The molecule has 3 saturated carbocycles. The third-order valence-electron chi connectivity index (χ3n) is 13.3. The average molecular weight is 702 g/mol. The number of fused-ring (bicyclic) bond motifs is 4. The van der Waals surface area contributed by atoms with E-state index in [9.17, 15) is 14.5 Å². The molecule has 13 nitrogen and oxygen atoms in total. The second kappa shape index (κ2) is 15.1. The minimum Gasteiger partial charge on any atom is -0.379 e. The molecule has 50 heavy (non-hydrogen) atoms. The Hall–Kier alpha value is -2.07. The third kappa shape index (κ3) is 6.90. The molecule has 0 bridgehead atoms. The lowest BCUT2D eigenvalue weighted by Crippen LogP contribution is -2.75. The molecule has 14 heteroatoms. The maximum atomic E-state index is 16.3. The summed E-state index contributed by atoms with van der Waals surface area (Å²) in [6.07, 6.45) is 7.23. The Morgan fingerprint density at radius 3 is 2.66 bits per heavy atom. The van der Waals surface area contributed by atoms with Crippen molar-refractivity contribution in [2.75, 3.05) is 59.5 Å². The Bertz CT molecular complexity index is 1290. The molecule has 4 saturated heterocycles. The van der Waals surface area contributed by atoms with E-state index in [0.29, 0.717) is 38.4 Å². The predicted molar refractivity (Wildman–Crippen MR) is 183 cm³/mol. The van der Waals surface area contributed by atoms with Crippen LogP contribution in [0.5, 0.6) is 0 Å². The number of rotatable bonds is 10. The largest absolute Gasteiger partial charge is 0.379 e. The molecule has 0 aromatic rings. The highest BCUT2D eigenvalue weighted by atomic mass is 19.1. The van der Waals surface area contributed by atoms with Crippen molar-refractivity contribution >= 4 is 11.7 Å². The van der Waals surface area contributed by atoms with Gasteiger partial charge in [0.1, 0.15) is 6.17 Å². The molecule has 13 unspecified atom stereocenters. The summed E-state index contributed by atoms with van der Waals surface area (Å²) in [6, 6.07) is -0.579. The number of carbonyl (C=O) groups excluding carboxylic acids is 2. The van der Waals surface area contributed by atoms with Crippen molar-refractivity contribution in [3.63, 3.8) is 0 Å². The summed E-state index contributed by atoms with van der Waals surface area (Å²) in [5.74, 6) is -1.31. The fraction of sp³-hybridized carbons (Fsp3) is 0.889. The van der Waals surface area contributed by atoms with Crippen LogP contribution in [0.3, 0.4) is 0 Å². The summed E-state index contributed by atoms with van der Waals surface area (Å²) in [4.78, 5) is 46.1. The summed E-state index contributed by atoms with van der Waals surface area (Å²) < 4.78 is 35.5. The van der Waals surface area contributed by atoms with Gasteiger partial charge in [0.2, 0.25) is 0 Å². The smallest absolute Gasteiger partial charge is 0.256 e. The number of alkyl halides is 1. The minimum absolute atomic E-state index is 0.0593. The van der Waals surface area contributed by atoms with E-state index in [1.165, 1.54) is 0 Å². The number of hydrogen-bond acceptors (Lipinski definition) is 12. The van der Waals surface area contributed by atoms with Crippen LogP contribution in [-0.4, -0.2) is 159 Å². The fourth-order valence-corrected chi connectivity index (χ4v) is 10.5. The van der Waals surface area contributed by atoms with Crippen LogP contribution in [0.1, 0.15) is 64.2 Å². The monoisotopic (exact) mass is 701 g/mol. The van der Waals surface area contributed by atoms with Crippen molar-refractivity contribution in [2.24, 2.45) is 11.1 Å². The van der Waals surface area contributed by atoms with Gasteiger partial charge in [-0.1, -0.05) is 5.18 Å². The highest BCUT2D eigenvalue weighted by molar-refractivity contribution is 6.20. The zero-order valence-corrected chi connectivity index (χ0v) is 29.4. The van der Waals surface area contributed by atoms with Gasteiger partial charge in [0.25, 0.3) is 5.91 Å². The molecule has 3 N–H and O–H groups in total. The number of likely N-dealkylation sites (tertiary alicyclic amines) is 1. The van der Waals surface area contributed by atoms with Crippen molar-refractivity contribution in [1.82, 2.24) is 30.7 Å². The first-order valence-electron chi connectivity index (χ1n) is 19.5. The lowest BCUT2D eigenvalue weighted by molar-refractivity contribution is -0.222. The topological polar surface area (TPSA) is 137 Å². The molecule has 0 aromatic heterocycles. The van der Waals surface area contributed by atoms with Gasteiger partial charge in [-0.3, -0.25) is 14.5 Å². The van der Waals surface area contributed by atoms with Crippen LogP contribution in [0.2, 0.25) is 0 Å². The maximum absolute atomic E-state index is 16.3. The van der Waals surface area contributed by atoms with E-state index >= 15 is 4.39 Å². The number of ether oxygens (including phenoxy) is 3. The van der Waals surface area contributed by atoms with Crippen LogP contribution in [0, 0.1) is 10.8 Å². The Morgan fingerprint density at radius 1 is 1.02 bits per heavy atom. The first-order chi connectivity index (χ1) is 24.4. The SMILES string of the molecule is CN1CCCC1CCNC(=O)C1=CN2C3CC4OC5CC(N=O)CCC5NC4CC3OC3C(NCCCN4CCOCC4)C(F)CC(C1=O)C32. The van der Waals surface area contributed by atoms with E-state index in [-0.39, 0.29) is 72.2 Å². The Balaban J connectivity index is 1.01. The van der Waals surface area contributed by atoms with Crippen LogP contribution >= 0.6 is 0 Å². The van der Waals surface area contributed by atoms with Crippen molar-refractivity contribution in [2.45, 2.75) is 137 Å². The second-order valence-electron chi connectivity index (χ2n) is 16.2. The van der Waals surface area contributed by atoms with Gasteiger partial charge in [-0.15, -0.1) is 0 Å². The molecule has 5 heterocycles. The summed E-state index contributed by atoms with van der Waals surface area (Å²) in [5, 5.41) is 13.7. The summed E-state index contributed by atoms with van der Waals surface area (Å²) in [7, 11) is 2.12. The zero-order valence-electron chi connectivity index (χ0n) is 29.4. The number of nitrogens with zero attached hydrogens (tertiary/aromatic N) is 4. The van der Waals surface area contributed by atoms with Crippen LogP contribution < -0.4 is 16.0 Å². The molecule has 0 spiro atoms. The Kier molecular flexibility index (Phi) is 10.6. The van der Waals surface area contributed by atoms with Gasteiger partial charge in [0.15, 0.2) is 5.78 Å². The molecule has 8 rings (SSSR count). The number of nitrogens with one attached hydrogen (secondary N) is 3. The number of morpholine rings is 3. The molecular weight excluding hydrogens is 645 g/mol. The lowest BCUT2D eigenvalue weighted by Gasteiger charge is -2.61. The van der Waals surface area contributed by atoms with Crippen LogP contribution in [0.15, 0.2) is 16.9 Å². The van der Waals surface area contributed by atoms with Crippen LogP contribution in [0.4, 0.5) is 4.39 Å². The molecule has 1 amide bonds. The van der Waals surface area contributed by atoms with E-state index in [1.54, 1.807) is 6.20 Å². The lowest BCUT2D eigenvalue weighted by atomic mass is 9.69. The molecule has 13 atom stereocenters.